The summed E-state index contributed by atoms with van der Waals surface area (Å²) in [5.74, 6) is 0.867. The van der Waals surface area contributed by atoms with Crippen molar-refractivity contribution in [2.75, 3.05) is 19.6 Å². The van der Waals surface area contributed by atoms with Gasteiger partial charge in [-0.25, -0.2) is 0 Å². The smallest absolute Gasteiger partial charge is 0.248 e. The topological polar surface area (TPSA) is 84.7 Å². The summed E-state index contributed by atoms with van der Waals surface area (Å²) in [7, 11) is 0. The second kappa shape index (κ2) is 10.8. The van der Waals surface area contributed by atoms with E-state index in [0.29, 0.717) is 36.4 Å². The molecule has 170 valence electrons. The van der Waals surface area contributed by atoms with Crippen molar-refractivity contribution in [3.05, 3.63) is 95.6 Å². The van der Waals surface area contributed by atoms with E-state index in [-0.39, 0.29) is 11.9 Å². The molecular formula is C27H29N3O3. The molecule has 1 aliphatic rings. The third-order valence-corrected chi connectivity index (χ3v) is 5.91. The molecule has 1 fully saturated rings. The van der Waals surface area contributed by atoms with E-state index < -0.39 is 5.91 Å². The number of nitrogens with two attached hydrogens (primary N) is 1. The lowest BCUT2D eigenvalue weighted by atomic mass is 10.0. The SMILES string of the molecule is NC(=O)c1cccc(Oc2ccccc2CCC(=O)N2CCNC[C@H]2Cc2ccccc2)c1. The van der Waals surface area contributed by atoms with Crippen LogP contribution in [0.15, 0.2) is 78.9 Å². The van der Waals surface area contributed by atoms with Crippen molar-refractivity contribution in [2.45, 2.75) is 25.3 Å². The molecule has 0 spiro atoms. The predicted octanol–water partition coefficient (Wildman–Crippen LogP) is 3.55. The van der Waals surface area contributed by atoms with E-state index >= 15 is 0 Å². The van der Waals surface area contributed by atoms with Gasteiger partial charge in [-0.15, -0.1) is 0 Å². The molecule has 0 aliphatic carbocycles. The molecule has 3 N–H and O–H groups in total. The Morgan fingerprint density at radius 2 is 1.79 bits per heavy atom. The first kappa shape index (κ1) is 22.6. The summed E-state index contributed by atoms with van der Waals surface area (Å²) in [6.45, 7) is 2.33. The van der Waals surface area contributed by atoms with E-state index in [4.69, 9.17) is 10.5 Å². The number of aryl methyl sites for hydroxylation is 1. The quantitative estimate of drug-likeness (QED) is 0.558. The maximum Gasteiger partial charge on any atom is 0.248 e. The highest BCUT2D eigenvalue weighted by Crippen LogP contribution is 2.27. The Labute approximate surface area is 194 Å². The molecule has 1 saturated heterocycles. The van der Waals surface area contributed by atoms with Crippen LogP contribution in [0.5, 0.6) is 11.5 Å². The lowest BCUT2D eigenvalue weighted by Crippen LogP contribution is -2.54. The van der Waals surface area contributed by atoms with Crippen LogP contribution in [-0.2, 0) is 17.6 Å². The maximum atomic E-state index is 13.2. The first-order valence-corrected chi connectivity index (χ1v) is 11.3. The zero-order chi connectivity index (χ0) is 23.0. The Morgan fingerprint density at radius 3 is 2.61 bits per heavy atom. The summed E-state index contributed by atoms with van der Waals surface area (Å²) < 4.78 is 6.04. The minimum atomic E-state index is -0.500. The van der Waals surface area contributed by atoms with Crippen LogP contribution in [0.1, 0.15) is 27.9 Å². The molecule has 3 aromatic rings. The van der Waals surface area contributed by atoms with Gasteiger partial charge in [-0.1, -0.05) is 54.6 Å². The average molecular weight is 444 g/mol. The van der Waals surface area contributed by atoms with Crippen molar-refractivity contribution in [1.29, 1.82) is 0 Å². The number of piperazine rings is 1. The van der Waals surface area contributed by atoms with Crippen molar-refractivity contribution >= 4 is 11.8 Å². The number of hydrogen-bond donors (Lipinski definition) is 2. The molecule has 1 aliphatic heterocycles. The molecule has 1 heterocycles. The van der Waals surface area contributed by atoms with Crippen LogP contribution in [0.3, 0.4) is 0 Å². The molecule has 0 unspecified atom stereocenters. The van der Waals surface area contributed by atoms with E-state index in [1.54, 1.807) is 24.3 Å². The van der Waals surface area contributed by atoms with Gasteiger partial charge in [0.1, 0.15) is 11.5 Å². The fourth-order valence-corrected chi connectivity index (χ4v) is 4.19. The van der Waals surface area contributed by atoms with Gasteiger partial charge in [-0.2, -0.15) is 0 Å². The molecule has 1 atom stereocenters. The van der Waals surface area contributed by atoms with Crippen molar-refractivity contribution < 1.29 is 14.3 Å². The summed E-state index contributed by atoms with van der Waals surface area (Å²) in [4.78, 5) is 26.6. The minimum Gasteiger partial charge on any atom is -0.457 e. The van der Waals surface area contributed by atoms with Crippen molar-refractivity contribution in [3.8, 4) is 11.5 Å². The number of para-hydroxylation sites is 1. The normalized spacial score (nSPS) is 15.8. The number of hydrogen-bond acceptors (Lipinski definition) is 4. The van der Waals surface area contributed by atoms with Gasteiger partial charge in [0.05, 0.1) is 0 Å². The van der Waals surface area contributed by atoms with Crippen LogP contribution in [0.25, 0.3) is 0 Å². The lowest BCUT2D eigenvalue weighted by molar-refractivity contribution is -0.134. The van der Waals surface area contributed by atoms with Crippen molar-refractivity contribution in [1.82, 2.24) is 10.2 Å². The molecule has 0 aromatic heterocycles. The fourth-order valence-electron chi connectivity index (χ4n) is 4.19. The lowest BCUT2D eigenvalue weighted by Gasteiger charge is -2.36. The van der Waals surface area contributed by atoms with E-state index in [2.05, 4.69) is 17.4 Å². The average Bonchev–Trinajstić information content (AvgIpc) is 2.84. The first-order valence-electron chi connectivity index (χ1n) is 11.3. The molecule has 0 radical (unpaired) electrons. The molecule has 6 heteroatoms. The number of primary amides is 1. The van der Waals surface area contributed by atoms with Crippen LogP contribution >= 0.6 is 0 Å². The summed E-state index contributed by atoms with van der Waals surface area (Å²) in [6.07, 6.45) is 1.83. The molecule has 2 amide bonds. The Hall–Kier alpha value is -3.64. The molecule has 6 nitrogen and oxygen atoms in total. The van der Waals surface area contributed by atoms with Crippen LogP contribution in [0.2, 0.25) is 0 Å². The van der Waals surface area contributed by atoms with E-state index in [1.165, 1.54) is 5.56 Å². The number of amides is 2. The first-order chi connectivity index (χ1) is 16.1. The number of nitrogens with one attached hydrogen (secondary N) is 1. The summed E-state index contributed by atoms with van der Waals surface area (Å²) in [6, 6.07) is 24.9. The van der Waals surface area contributed by atoms with Gasteiger partial charge < -0.3 is 20.7 Å². The zero-order valence-electron chi connectivity index (χ0n) is 18.6. The Bertz CT molecular complexity index is 1100. The molecule has 33 heavy (non-hydrogen) atoms. The number of carbonyl (C=O) groups is 2. The fraction of sp³-hybridized carbons (Fsp3) is 0.259. The van der Waals surface area contributed by atoms with E-state index in [1.807, 2.05) is 47.4 Å². The van der Waals surface area contributed by atoms with Gasteiger partial charge in [-0.05, 0) is 48.2 Å². The number of rotatable bonds is 8. The second-order valence-electron chi connectivity index (χ2n) is 8.24. The van der Waals surface area contributed by atoms with Crippen LogP contribution < -0.4 is 15.8 Å². The van der Waals surface area contributed by atoms with Crippen LogP contribution in [0, 0.1) is 0 Å². The Morgan fingerprint density at radius 1 is 1.00 bits per heavy atom. The van der Waals surface area contributed by atoms with E-state index in [9.17, 15) is 9.59 Å². The Balaban J connectivity index is 1.41. The number of carbonyl (C=O) groups excluding carboxylic acids is 2. The monoisotopic (exact) mass is 443 g/mol. The highest BCUT2D eigenvalue weighted by Gasteiger charge is 2.26. The zero-order valence-corrected chi connectivity index (χ0v) is 18.6. The van der Waals surface area contributed by atoms with Gasteiger partial charge in [0.15, 0.2) is 0 Å². The van der Waals surface area contributed by atoms with E-state index in [0.717, 1.165) is 25.1 Å². The molecule has 4 rings (SSSR count). The molecule has 0 saturated carbocycles. The third-order valence-electron chi connectivity index (χ3n) is 5.91. The highest BCUT2D eigenvalue weighted by molar-refractivity contribution is 5.93. The summed E-state index contributed by atoms with van der Waals surface area (Å²) in [5.41, 5.74) is 7.95. The van der Waals surface area contributed by atoms with Crippen molar-refractivity contribution in [3.63, 3.8) is 0 Å². The number of benzene rings is 3. The maximum absolute atomic E-state index is 13.2. The van der Waals surface area contributed by atoms with Gasteiger partial charge in [0, 0.05) is 37.7 Å². The van der Waals surface area contributed by atoms with Crippen LogP contribution in [-0.4, -0.2) is 42.4 Å². The third kappa shape index (κ3) is 5.99. The predicted molar refractivity (Wildman–Crippen MR) is 128 cm³/mol. The van der Waals surface area contributed by atoms with Gasteiger partial charge in [0.25, 0.3) is 0 Å². The summed E-state index contributed by atoms with van der Waals surface area (Å²) >= 11 is 0. The largest absolute Gasteiger partial charge is 0.457 e. The molecular weight excluding hydrogens is 414 g/mol. The second-order valence-corrected chi connectivity index (χ2v) is 8.24. The highest BCUT2D eigenvalue weighted by atomic mass is 16.5. The summed E-state index contributed by atoms with van der Waals surface area (Å²) in [5, 5.41) is 3.42. The Kier molecular flexibility index (Phi) is 7.37. The van der Waals surface area contributed by atoms with Gasteiger partial charge >= 0.3 is 0 Å². The molecule has 0 bridgehead atoms. The standard InChI is InChI=1S/C27H29N3O3/c28-27(32)22-10-6-11-24(18-22)33-25-12-5-4-9-21(25)13-14-26(31)30-16-15-29-19-23(30)17-20-7-2-1-3-8-20/h1-12,18,23,29H,13-17,19H2,(H2,28,32)/t23-/m1/s1. The number of ether oxygens (including phenoxy) is 1. The molecule has 3 aromatic carbocycles. The minimum absolute atomic E-state index is 0.150. The van der Waals surface area contributed by atoms with Gasteiger partial charge in [-0.3, -0.25) is 9.59 Å². The number of nitrogens with zero attached hydrogens (tertiary/aromatic N) is 1. The van der Waals surface area contributed by atoms with Gasteiger partial charge in [0.2, 0.25) is 11.8 Å². The van der Waals surface area contributed by atoms with Crippen molar-refractivity contribution in [2.24, 2.45) is 5.73 Å². The van der Waals surface area contributed by atoms with Crippen LogP contribution in [0.4, 0.5) is 0 Å².